The van der Waals surface area contributed by atoms with Crippen molar-refractivity contribution in [2.45, 2.75) is 37.3 Å². The minimum absolute atomic E-state index is 0.204. The summed E-state index contributed by atoms with van der Waals surface area (Å²) in [5, 5.41) is 2.61. The first-order valence-corrected chi connectivity index (χ1v) is 5.34. The summed E-state index contributed by atoms with van der Waals surface area (Å²) in [6, 6.07) is -0.601. The molecule has 1 aliphatic carbocycles. The predicted octanol–water partition coefficient (Wildman–Crippen LogP) is -1.26. The number of likely N-dealkylation sites (N-methyl/N-ethyl adjacent to an activating group) is 1. The lowest BCUT2D eigenvalue weighted by molar-refractivity contribution is -0.149. The van der Waals surface area contributed by atoms with E-state index in [-0.39, 0.29) is 24.1 Å². The first kappa shape index (κ1) is 11.1. The number of hydrogen-bond acceptors (Lipinski definition) is 4. The van der Waals surface area contributed by atoms with Crippen molar-refractivity contribution in [3.05, 3.63) is 0 Å². The van der Waals surface area contributed by atoms with Crippen molar-refractivity contribution in [1.82, 2.24) is 10.2 Å². The fraction of sp³-hybridized carbons (Fsp3) is 0.700. The Balaban J connectivity index is 1.98. The Kier molecular flexibility index (Phi) is 2.46. The number of piperidine rings is 1. The Morgan fingerprint density at radius 1 is 1.50 bits per heavy atom. The first-order chi connectivity index (χ1) is 7.44. The zero-order chi connectivity index (χ0) is 11.9. The van der Waals surface area contributed by atoms with Gasteiger partial charge in [-0.1, -0.05) is 0 Å². The molecule has 0 radical (unpaired) electrons. The summed E-state index contributed by atoms with van der Waals surface area (Å²) in [7, 11) is 1.43. The molecule has 0 aromatic rings. The van der Waals surface area contributed by atoms with E-state index in [0.29, 0.717) is 19.3 Å². The van der Waals surface area contributed by atoms with E-state index in [0.717, 1.165) is 4.90 Å². The van der Waals surface area contributed by atoms with Gasteiger partial charge >= 0.3 is 0 Å². The molecule has 1 saturated carbocycles. The van der Waals surface area contributed by atoms with Crippen LogP contribution in [-0.4, -0.2) is 41.2 Å². The second kappa shape index (κ2) is 3.55. The number of rotatable bonds is 2. The van der Waals surface area contributed by atoms with Crippen LogP contribution in [0.4, 0.5) is 0 Å². The summed E-state index contributed by atoms with van der Waals surface area (Å²) in [5.74, 6) is -0.841. The number of nitrogens with two attached hydrogens (primary N) is 1. The van der Waals surface area contributed by atoms with Crippen molar-refractivity contribution in [3.8, 4) is 0 Å². The number of hydrogen-bond donors (Lipinski definition) is 2. The summed E-state index contributed by atoms with van der Waals surface area (Å²) in [4.78, 5) is 35.6. The van der Waals surface area contributed by atoms with E-state index >= 15 is 0 Å². The number of nitrogens with zero attached hydrogens (tertiary/aromatic N) is 1. The Bertz CT molecular complexity index is 362. The fourth-order valence-corrected chi connectivity index (χ4v) is 1.71. The first-order valence-electron chi connectivity index (χ1n) is 5.34. The number of imide groups is 1. The molecule has 3 N–H and O–H groups in total. The van der Waals surface area contributed by atoms with Crippen LogP contribution in [0.1, 0.15) is 25.7 Å². The lowest BCUT2D eigenvalue weighted by Crippen LogP contribution is -2.56. The number of carbonyl (C=O) groups is 3. The van der Waals surface area contributed by atoms with E-state index < -0.39 is 11.6 Å². The van der Waals surface area contributed by atoms with Crippen molar-refractivity contribution in [1.29, 1.82) is 0 Å². The van der Waals surface area contributed by atoms with Gasteiger partial charge in [-0.25, -0.2) is 0 Å². The second-order valence-electron chi connectivity index (χ2n) is 4.51. The average Bonchev–Trinajstić information content (AvgIpc) is 2.99. The smallest absolute Gasteiger partial charge is 0.251 e. The normalized spacial score (nSPS) is 27.9. The molecule has 16 heavy (non-hydrogen) atoms. The van der Waals surface area contributed by atoms with E-state index in [1.807, 2.05) is 0 Å². The van der Waals surface area contributed by atoms with Crippen molar-refractivity contribution in [3.63, 3.8) is 0 Å². The monoisotopic (exact) mass is 225 g/mol. The molecule has 0 aromatic heterocycles. The van der Waals surface area contributed by atoms with Gasteiger partial charge in [0, 0.05) is 13.5 Å². The minimum Gasteiger partial charge on any atom is -0.343 e. The quantitative estimate of drug-likeness (QED) is 0.574. The van der Waals surface area contributed by atoms with E-state index in [1.165, 1.54) is 7.05 Å². The maximum absolute atomic E-state index is 11.7. The molecule has 2 aliphatic rings. The van der Waals surface area contributed by atoms with E-state index in [2.05, 4.69) is 5.32 Å². The molecule has 3 amide bonds. The SMILES string of the molecule is CN1C(=O)CCC(NC(=O)C2(N)CC2)C1=O. The van der Waals surface area contributed by atoms with Crippen molar-refractivity contribution < 1.29 is 14.4 Å². The van der Waals surface area contributed by atoms with Crippen molar-refractivity contribution in [2.24, 2.45) is 5.73 Å². The third-order valence-electron chi connectivity index (χ3n) is 3.20. The molecule has 0 bridgehead atoms. The summed E-state index contributed by atoms with van der Waals surface area (Å²) < 4.78 is 0. The van der Waals surface area contributed by atoms with Crippen LogP contribution in [0, 0.1) is 0 Å². The maximum Gasteiger partial charge on any atom is 0.251 e. The number of likely N-dealkylation sites (tertiary alicyclic amines) is 1. The van der Waals surface area contributed by atoms with E-state index in [9.17, 15) is 14.4 Å². The van der Waals surface area contributed by atoms with Gasteiger partial charge in [-0.15, -0.1) is 0 Å². The molecule has 1 aliphatic heterocycles. The second-order valence-corrected chi connectivity index (χ2v) is 4.51. The summed E-state index contributed by atoms with van der Waals surface area (Å²) in [5.41, 5.74) is 4.93. The van der Waals surface area contributed by atoms with Gasteiger partial charge in [0.15, 0.2) is 0 Å². The lowest BCUT2D eigenvalue weighted by atomic mass is 10.0. The van der Waals surface area contributed by atoms with E-state index in [1.54, 1.807) is 0 Å². The van der Waals surface area contributed by atoms with Crippen LogP contribution in [0.3, 0.4) is 0 Å². The average molecular weight is 225 g/mol. The van der Waals surface area contributed by atoms with Gasteiger partial charge in [0.1, 0.15) is 6.04 Å². The van der Waals surface area contributed by atoms with Crippen LogP contribution in [0.25, 0.3) is 0 Å². The van der Waals surface area contributed by atoms with Gasteiger partial charge < -0.3 is 11.1 Å². The predicted molar refractivity (Wildman–Crippen MR) is 55.1 cm³/mol. The number of nitrogens with one attached hydrogen (secondary N) is 1. The largest absolute Gasteiger partial charge is 0.343 e. The van der Waals surface area contributed by atoms with Gasteiger partial charge in [-0.2, -0.15) is 0 Å². The summed E-state index contributed by atoms with van der Waals surface area (Å²) in [6.07, 6.45) is 1.97. The molecule has 2 rings (SSSR count). The van der Waals surface area contributed by atoms with Crippen LogP contribution in [0.15, 0.2) is 0 Å². The highest BCUT2D eigenvalue weighted by Gasteiger charge is 2.47. The third-order valence-corrected chi connectivity index (χ3v) is 3.20. The molecule has 1 atom stereocenters. The molecule has 2 fully saturated rings. The topological polar surface area (TPSA) is 92.5 Å². The van der Waals surface area contributed by atoms with Crippen LogP contribution in [0.5, 0.6) is 0 Å². The Hall–Kier alpha value is -1.43. The molecule has 1 saturated heterocycles. The highest BCUT2D eigenvalue weighted by atomic mass is 16.2. The fourth-order valence-electron chi connectivity index (χ4n) is 1.71. The molecule has 0 aromatic carbocycles. The zero-order valence-corrected chi connectivity index (χ0v) is 9.16. The molecule has 1 unspecified atom stereocenters. The molecule has 1 heterocycles. The van der Waals surface area contributed by atoms with Crippen LogP contribution < -0.4 is 11.1 Å². The molecule has 6 nitrogen and oxygen atoms in total. The highest BCUT2D eigenvalue weighted by molar-refractivity contribution is 6.02. The Labute approximate surface area is 93.1 Å². The van der Waals surface area contributed by atoms with Gasteiger partial charge in [0.05, 0.1) is 5.54 Å². The summed E-state index contributed by atoms with van der Waals surface area (Å²) in [6.45, 7) is 0. The maximum atomic E-state index is 11.7. The van der Waals surface area contributed by atoms with E-state index in [4.69, 9.17) is 5.73 Å². The van der Waals surface area contributed by atoms with Crippen molar-refractivity contribution >= 4 is 17.7 Å². The molecule has 0 spiro atoms. The highest BCUT2D eigenvalue weighted by Crippen LogP contribution is 2.32. The molecule has 88 valence electrons. The Morgan fingerprint density at radius 2 is 2.12 bits per heavy atom. The Morgan fingerprint density at radius 3 is 2.69 bits per heavy atom. The molecule has 6 heteroatoms. The lowest BCUT2D eigenvalue weighted by Gasteiger charge is -2.28. The van der Waals surface area contributed by atoms with Gasteiger partial charge in [-0.3, -0.25) is 19.3 Å². The third kappa shape index (κ3) is 1.80. The van der Waals surface area contributed by atoms with Crippen molar-refractivity contribution in [2.75, 3.05) is 7.05 Å². The summed E-state index contributed by atoms with van der Waals surface area (Å²) >= 11 is 0. The molecular weight excluding hydrogens is 210 g/mol. The van der Waals surface area contributed by atoms with Crippen LogP contribution in [0.2, 0.25) is 0 Å². The van der Waals surface area contributed by atoms with Crippen LogP contribution >= 0.6 is 0 Å². The number of amides is 3. The van der Waals surface area contributed by atoms with Gasteiger partial charge in [-0.05, 0) is 19.3 Å². The standard InChI is InChI=1S/C10H15N3O3/c1-13-7(14)3-2-6(8(13)15)12-9(16)10(11)4-5-10/h6H,2-5,11H2,1H3,(H,12,16). The molecular formula is C10H15N3O3. The zero-order valence-electron chi connectivity index (χ0n) is 9.16. The van der Waals surface area contributed by atoms with Crippen LogP contribution in [-0.2, 0) is 14.4 Å². The van der Waals surface area contributed by atoms with Gasteiger partial charge in [0.2, 0.25) is 11.8 Å². The van der Waals surface area contributed by atoms with Gasteiger partial charge in [0.25, 0.3) is 5.91 Å². The number of carbonyl (C=O) groups excluding carboxylic acids is 3. The minimum atomic E-state index is -0.777.